The van der Waals surface area contributed by atoms with Crippen LogP contribution in [0.4, 0.5) is 0 Å². The lowest BCUT2D eigenvalue weighted by Gasteiger charge is -2.35. The number of halogens is 1. The molecule has 2 fully saturated rings. The molecule has 1 aromatic rings. The van der Waals surface area contributed by atoms with E-state index < -0.39 is 16.1 Å². The molecule has 3 rings (SSSR count). The molecule has 0 saturated carbocycles. The van der Waals surface area contributed by atoms with Gasteiger partial charge in [-0.3, -0.25) is 9.48 Å². The van der Waals surface area contributed by atoms with Crippen LogP contribution >= 0.6 is 11.6 Å². The predicted octanol–water partition coefficient (Wildman–Crippen LogP) is 1.55. The Labute approximate surface area is 147 Å². The molecule has 7 nitrogen and oxygen atoms in total. The molecule has 0 aliphatic carbocycles. The smallest absolute Gasteiger partial charge is 0.248 e. The largest absolute Gasteiger partial charge is 0.341 e. The van der Waals surface area contributed by atoms with Crippen molar-refractivity contribution in [1.82, 2.24) is 19.0 Å². The summed E-state index contributed by atoms with van der Waals surface area (Å²) in [5, 5.41) is 4.19. The number of nitrogens with zero attached hydrogens (tertiary/aromatic N) is 4. The molecule has 2 saturated heterocycles. The predicted molar refractivity (Wildman–Crippen MR) is 90.3 cm³/mol. The summed E-state index contributed by atoms with van der Waals surface area (Å²) in [6.45, 7) is 3.41. The molecule has 1 unspecified atom stereocenters. The van der Waals surface area contributed by atoms with E-state index in [1.54, 1.807) is 18.9 Å². The quantitative estimate of drug-likeness (QED) is 0.804. The van der Waals surface area contributed by atoms with Crippen LogP contribution in [0.1, 0.15) is 37.8 Å². The van der Waals surface area contributed by atoms with Crippen LogP contribution in [0.5, 0.6) is 0 Å². The summed E-state index contributed by atoms with van der Waals surface area (Å²) in [4.78, 5) is 14.6. The minimum absolute atomic E-state index is 0.0211. The van der Waals surface area contributed by atoms with Gasteiger partial charge in [0, 0.05) is 26.7 Å². The van der Waals surface area contributed by atoms with Gasteiger partial charge < -0.3 is 4.90 Å². The maximum absolute atomic E-state index is 13.2. The number of hydrogen-bond acceptors (Lipinski definition) is 4. The molecule has 2 aliphatic heterocycles. The van der Waals surface area contributed by atoms with E-state index >= 15 is 0 Å². The maximum atomic E-state index is 13.2. The van der Waals surface area contributed by atoms with Crippen LogP contribution in [-0.4, -0.2) is 59.0 Å². The third kappa shape index (κ3) is 2.95. The van der Waals surface area contributed by atoms with E-state index in [4.69, 9.17) is 11.6 Å². The number of likely N-dealkylation sites (tertiary alicyclic amines) is 1. The van der Waals surface area contributed by atoms with Gasteiger partial charge in [0.15, 0.2) is 0 Å². The highest BCUT2D eigenvalue weighted by Crippen LogP contribution is 2.32. The van der Waals surface area contributed by atoms with Crippen LogP contribution in [0.2, 0.25) is 5.15 Å². The molecule has 1 aromatic heterocycles. The number of aromatic nitrogens is 2. The molecule has 1 atom stereocenters. The number of aryl methyl sites for hydroxylation is 2. The molecule has 1 amide bonds. The van der Waals surface area contributed by atoms with Gasteiger partial charge in [-0.25, -0.2) is 8.42 Å². The second kappa shape index (κ2) is 6.65. The molecule has 0 radical (unpaired) electrons. The second-order valence-corrected chi connectivity index (χ2v) is 8.67. The van der Waals surface area contributed by atoms with Crippen molar-refractivity contribution in [3.63, 3.8) is 0 Å². The van der Waals surface area contributed by atoms with Crippen LogP contribution in [-0.2, 0) is 21.9 Å². The molecule has 2 aliphatic rings. The first-order valence-electron chi connectivity index (χ1n) is 8.33. The first-order valence-corrected chi connectivity index (χ1v) is 10.2. The highest BCUT2D eigenvalue weighted by atomic mass is 35.5. The number of hydrogen-bond donors (Lipinski definition) is 0. The molecule has 24 heavy (non-hydrogen) atoms. The van der Waals surface area contributed by atoms with E-state index in [0.29, 0.717) is 18.7 Å². The highest BCUT2D eigenvalue weighted by Gasteiger charge is 2.42. The van der Waals surface area contributed by atoms with Gasteiger partial charge in [0.2, 0.25) is 15.9 Å². The standard InChI is InChI=1S/C15H23ClN4O3S/c1-11-13(14(16)18(2)17-11)24(22,23)20-10-4-3-7-12(20)15(21)19-8-5-6-9-19/h12H,3-10H2,1-2H3. The number of carbonyl (C=O) groups is 1. The van der Waals surface area contributed by atoms with E-state index in [1.807, 2.05) is 0 Å². The first-order chi connectivity index (χ1) is 11.3. The third-order valence-corrected chi connectivity index (χ3v) is 7.43. The molecule has 0 bridgehead atoms. The second-order valence-electron chi connectivity index (χ2n) is 6.49. The monoisotopic (exact) mass is 374 g/mol. The van der Waals surface area contributed by atoms with Crippen LogP contribution < -0.4 is 0 Å². The van der Waals surface area contributed by atoms with Crippen LogP contribution in [0, 0.1) is 6.92 Å². The Hall–Kier alpha value is -1.12. The Morgan fingerprint density at radius 2 is 1.79 bits per heavy atom. The van der Waals surface area contributed by atoms with Gasteiger partial charge in [0.05, 0.1) is 5.69 Å². The van der Waals surface area contributed by atoms with Crippen molar-refractivity contribution in [3.8, 4) is 0 Å². The summed E-state index contributed by atoms with van der Waals surface area (Å²) in [6.07, 6.45) is 4.14. The Morgan fingerprint density at radius 3 is 2.38 bits per heavy atom. The van der Waals surface area contributed by atoms with Crippen molar-refractivity contribution in [2.45, 2.75) is 50.0 Å². The molecule has 134 valence electrons. The zero-order valence-corrected chi connectivity index (χ0v) is 15.6. The van der Waals surface area contributed by atoms with Crippen molar-refractivity contribution >= 4 is 27.5 Å². The normalized spacial score (nSPS) is 23.0. The summed E-state index contributed by atoms with van der Waals surface area (Å²) in [5.74, 6) is -0.0755. The van der Waals surface area contributed by atoms with Gasteiger partial charge in [0.1, 0.15) is 16.1 Å². The van der Waals surface area contributed by atoms with Gasteiger partial charge in [-0.1, -0.05) is 18.0 Å². The van der Waals surface area contributed by atoms with Crippen molar-refractivity contribution in [3.05, 3.63) is 10.8 Å². The minimum Gasteiger partial charge on any atom is -0.341 e. The van der Waals surface area contributed by atoms with E-state index in [1.165, 1.54) is 8.99 Å². The number of piperidine rings is 1. The van der Waals surface area contributed by atoms with Gasteiger partial charge in [0.25, 0.3) is 0 Å². The molecule has 0 spiro atoms. The maximum Gasteiger partial charge on any atom is 0.248 e. The summed E-state index contributed by atoms with van der Waals surface area (Å²) in [7, 11) is -2.25. The Morgan fingerprint density at radius 1 is 1.17 bits per heavy atom. The lowest BCUT2D eigenvalue weighted by molar-refractivity contribution is -0.135. The fraction of sp³-hybridized carbons (Fsp3) is 0.733. The third-order valence-electron chi connectivity index (χ3n) is 4.82. The number of sulfonamides is 1. The summed E-state index contributed by atoms with van der Waals surface area (Å²) in [6, 6.07) is -0.627. The average molecular weight is 375 g/mol. The molecular formula is C15H23ClN4O3S. The van der Waals surface area contributed by atoms with Gasteiger partial charge >= 0.3 is 0 Å². The summed E-state index contributed by atoms with van der Waals surface area (Å²) >= 11 is 6.17. The zero-order valence-electron chi connectivity index (χ0n) is 14.0. The molecule has 3 heterocycles. The molecule has 0 aromatic carbocycles. The number of amides is 1. The van der Waals surface area contributed by atoms with E-state index in [0.717, 1.165) is 38.8 Å². The summed E-state index contributed by atoms with van der Waals surface area (Å²) < 4.78 is 29.1. The fourth-order valence-corrected chi connectivity index (χ4v) is 5.97. The molecule has 9 heteroatoms. The number of carbonyl (C=O) groups excluding carboxylic acids is 1. The average Bonchev–Trinajstić information content (AvgIpc) is 3.16. The van der Waals surface area contributed by atoms with Crippen molar-refractivity contribution in [2.75, 3.05) is 19.6 Å². The van der Waals surface area contributed by atoms with E-state index in [2.05, 4.69) is 5.10 Å². The highest BCUT2D eigenvalue weighted by molar-refractivity contribution is 7.89. The van der Waals surface area contributed by atoms with Gasteiger partial charge in [-0.05, 0) is 32.6 Å². The van der Waals surface area contributed by atoms with Crippen molar-refractivity contribution < 1.29 is 13.2 Å². The van der Waals surface area contributed by atoms with Gasteiger partial charge in [-0.2, -0.15) is 9.40 Å². The van der Waals surface area contributed by atoms with Gasteiger partial charge in [-0.15, -0.1) is 0 Å². The van der Waals surface area contributed by atoms with Crippen LogP contribution in [0.3, 0.4) is 0 Å². The molecular weight excluding hydrogens is 352 g/mol. The van der Waals surface area contributed by atoms with Crippen molar-refractivity contribution in [1.29, 1.82) is 0 Å². The van der Waals surface area contributed by atoms with Crippen LogP contribution in [0.25, 0.3) is 0 Å². The lowest BCUT2D eigenvalue weighted by atomic mass is 10.0. The zero-order chi connectivity index (χ0) is 17.5. The fourth-order valence-electron chi connectivity index (χ4n) is 3.61. The topological polar surface area (TPSA) is 75.5 Å². The minimum atomic E-state index is -3.86. The Kier molecular flexibility index (Phi) is 4.90. The Bertz CT molecular complexity index is 740. The Balaban J connectivity index is 1.96. The van der Waals surface area contributed by atoms with Crippen molar-refractivity contribution in [2.24, 2.45) is 7.05 Å². The van der Waals surface area contributed by atoms with E-state index in [9.17, 15) is 13.2 Å². The lowest BCUT2D eigenvalue weighted by Crippen LogP contribution is -2.52. The SMILES string of the molecule is Cc1nn(C)c(Cl)c1S(=O)(=O)N1CCCCC1C(=O)N1CCCC1. The molecule has 0 N–H and O–H groups in total. The first kappa shape index (κ1) is 17.7. The van der Waals surface area contributed by atoms with E-state index in [-0.39, 0.29) is 16.0 Å². The van der Waals surface area contributed by atoms with Crippen LogP contribution in [0.15, 0.2) is 4.90 Å². The summed E-state index contributed by atoms with van der Waals surface area (Å²) in [5.41, 5.74) is 0.362. The number of rotatable bonds is 3.